The molecule has 7 aromatic rings. The van der Waals surface area contributed by atoms with Crippen molar-refractivity contribution in [1.82, 2.24) is 73.4 Å². The molecule has 0 radical (unpaired) electrons. The maximum Gasteiger partial charge on any atom is 0.328 e. The van der Waals surface area contributed by atoms with Crippen molar-refractivity contribution in [2.75, 3.05) is 47.5 Å². The van der Waals surface area contributed by atoms with E-state index in [9.17, 15) is 37.9 Å². The molecule has 662 valence electrons. The van der Waals surface area contributed by atoms with Gasteiger partial charge in [0.25, 0.3) is 5.91 Å². The number of methoxy groups -OCH3 is 1. The molecule has 34 heteroatoms. The van der Waals surface area contributed by atoms with Crippen molar-refractivity contribution in [3.05, 3.63) is 209 Å². The highest BCUT2D eigenvalue weighted by Gasteiger charge is 2.50. The summed E-state index contributed by atoms with van der Waals surface area (Å²) in [5, 5.41) is 42.8. The van der Waals surface area contributed by atoms with Crippen LogP contribution in [0.1, 0.15) is 102 Å². The van der Waals surface area contributed by atoms with Crippen LogP contribution >= 0.6 is 0 Å². The Morgan fingerprint density at radius 2 is 1.10 bits per heavy atom. The summed E-state index contributed by atoms with van der Waals surface area (Å²) in [6, 6.07) is 27.1. The van der Waals surface area contributed by atoms with Crippen molar-refractivity contribution in [3.8, 4) is 17.2 Å². The Balaban J connectivity index is 1.03. The molecule has 0 saturated carbocycles. The largest absolute Gasteiger partial charge is 0.503 e. The average Bonchev–Trinajstić information content (AvgIpc) is 1.66. The van der Waals surface area contributed by atoms with Gasteiger partial charge in [0.15, 0.2) is 17.4 Å². The standard InChI is InChI=1S/C90H113F2N17O15/c1-50(96-9)79(112)104-77(89(3,4)5)86(119)107-34-32-68-74(107)84(117)103-73(110)44-61(38-54-20-26-57-16-12-14-18-59(57)36-54)81(114)100-69(82(115)99-45-56-39-66(91)76(111)67(92)40-56)41-52-22-28-64(29-23-52)123-48-62(93)47-109(95)72-33-35-108(87(120)78(90(6,7)8)105-80(113)51(2)97-10)75(72)85(118)101-70(43-55-21-27-58-17-13-15-19-60(58)37-55)83(116)102-71(88(121)122-11)42-53-24-30-65(31-25-53)124-49-63(106-94)46-98-68/h12-31,36-37,39-40,46-47,50-51,61,68-72,74-75,77-78,96-98,106,111H,32-35,38,41-45,48-49,93-95H2,1-11H3,(H,99,115)(H,100,114)(H,101,118)(H,102,116)(H,104,112)(H,105,113)(H,103,110,117)/b62-47-,63-46-/t50-,51-,61+,68+,69-,70-,71-,72+,74-,75-,77+,78+/m0/s1. The maximum absolute atomic E-state index is 15.7. The highest BCUT2D eigenvalue weighted by Crippen LogP contribution is 2.32. The van der Waals surface area contributed by atoms with Crippen LogP contribution in [0.15, 0.2) is 169 Å². The third-order valence-electron chi connectivity index (χ3n) is 22.4. The highest BCUT2D eigenvalue weighted by atomic mass is 19.1. The van der Waals surface area contributed by atoms with Gasteiger partial charge < -0.3 is 93.1 Å². The third-order valence-corrected chi connectivity index (χ3v) is 22.4. The van der Waals surface area contributed by atoms with Gasteiger partial charge in [0.1, 0.15) is 67.0 Å². The van der Waals surface area contributed by atoms with Crippen molar-refractivity contribution < 1.29 is 80.8 Å². The number of ether oxygens (including phenoxy) is 3. The fraction of sp³-hybridized carbons (Fsp3) is 0.411. The van der Waals surface area contributed by atoms with Crippen LogP contribution in [-0.4, -0.2) is 199 Å². The number of phenolic OH excluding ortho intramolecular Hbond substituents is 1. The first-order valence-corrected chi connectivity index (χ1v) is 41.1. The predicted molar refractivity (Wildman–Crippen MR) is 460 cm³/mol. The summed E-state index contributed by atoms with van der Waals surface area (Å²) in [4.78, 5) is 165. The van der Waals surface area contributed by atoms with Crippen LogP contribution in [0.4, 0.5) is 8.78 Å². The van der Waals surface area contributed by atoms with E-state index in [1.165, 1.54) is 27.2 Å². The zero-order valence-corrected chi connectivity index (χ0v) is 71.4. The number of hydrogen-bond acceptors (Lipinski definition) is 23. The first kappa shape index (κ1) is 93.5. The second kappa shape index (κ2) is 41.9. The van der Waals surface area contributed by atoms with Crippen molar-refractivity contribution in [2.24, 2.45) is 34.2 Å². The van der Waals surface area contributed by atoms with Crippen LogP contribution in [0.2, 0.25) is 0 Å². The summed E-state index contributed by atoms with van der Waals surface area (Å²) in [5.74, 6) is 0.0295. The Labute approximate surface area is 718 Å². The van der Waals surface area contributed by atoms with Crippen molar-refractivity contribution in [3.63, 3.8) is 0 Å². The average molecular weight is 1710 g/mol. The second-order valence-corrected chi connectivity index (χ2v) is 33.7. The lowest BCUT2D eigenvalue weighted by Gasteiger charge is -2.38. The molecule has 2 fully saturated rings. The number of likely N-dealkylation sites (tertiary alicyclic amines) is 2. The lowest BCUT2D eigenvalue weighted by molar-refractivity contribution is -0.146. The molecule has 10 amide bonds. The number of carbonyl (C=O) groups is 11. The number of hydrogen-bond donors (Lipinski definition) is 15. The van der Waals surface area contributed by atoms with Gasteiger partial charge in [-0.15, -0.1) is 0 Å². The van der Waals surface area contributed by atoms with Gasteiger partial charge in [0.2, 0.25) is 53.2 Å². The summed E-state index contributed by atoms with van der Waals surface area (Å²) < 4.78 is 47.2. The number of imide groups is 1. The Bertz CT molecular complexity index is 5100. The zero-order valence-electron chi connectivity index (χ0n) is 71.4. The van der Waals surface area contributed by atoms with Crippen molar-refractivity contribution >= 4 is 86.6 Å². The van der Waals surface area contributed by atoms with E-state index in [0.717, 1.165) is 40.8 Å². The number of phenols is 1. The van der Waals surface area contributed by atoms with Gasteiger partial charge in [0, 0.05) is 57.7 Å². The number of aromatic hydroxyl groups is 1. The Kier molecular flexibility index (Phi) is 31.6. The molecule has 0 unspecified atom stereocenters. The minimum absolute atomic E-state index is 0.0119. The number of hydrazine groups is 2. The van der Waals surface area contributed by atoms with E-state index < -0.39 is 179 Å². The molecule has 18 N–H and O–H groups in total. The lowest BCUT2D eigenvalue weighted by atomic mass is 9.85. The van der Waals surface area contributed by atoms with E-state index >= 15 is 28.8 Å². The topological polar surface area (TPSA) is 456 Å². The van der Waals surface area contributed by atoms with Crippen LogP contribution < -0.4 is 85.5 Å². The second-order valence-electron chi connectivity index (χ2n) is 33.7. The SMILES string of the molecule is CN[C@@H](C)C(=O)N[C@H](C(=O)N1CC[C@@H]2[C@H]1C(=O)N[C@@H](Cc1ccc3ccccc3c1)C(=O)N[C@H](C(=O)OC)Cc1ccc(cc1)OC/C(NN)=C/N[C@@H]1CCN(C(=O)[C@@H](NC(=O)[C@H](C)NC)C(C)(C)C)[C@@H]1C(=O)NC(=O)C[C@@H](Cc1ccc3ccccc3c1)C(=O)N[C@H](C(=O)NCc1cc(F)c(O)c(F)c1)Cc1ccc(cc1)OC/C(N)=C/N2N)C(C)(C)C. The number of nitrogens with one attached hydrogen (secondary N) is 11. The Hall–Kier alpha value is -12.8. The summed E-state index contributed by atoms with van der Waals surface area (Å²) in [6.45, 7) is 12.5. The van der Waals surface area contributed by atoms with E-state index in [4.69, 9.17) is 31.6 Å². The molecule has 13 rings (SSSR count). The van der Waals surface area contributed by atoms with Crippen LogP contribution in [0.25, 0.3) is 21.5 Å². The van der Waals surface area contributed by atoms with Crippen molar-refractivity contribution in [1.29, 1.82) is 0 Å². The monoisotopic (exact) mass is 1710 g/mol. The van der Waals surface area contributed by atoms with Gasteiger partial charge in [-0.2, -0.15) is 0 Å². The third kappa shape index (κ3) is 24.3. The van der Waals surface area contributed by atoms with Gasteiger partial charge in [-0.05, 0) is 144 Å². The highest BCUT2D eigenvalue weighted by molar-refractivity contribution is 6.03. The van der Waals surface area contributed by atoms with E-state index in [-0.39, 0.29) is 87.5 Å². The number of nitrogens with zero attached hydrogens (tertiary/aromatic N) is 3. The fourth-order valence-corrected chi connectivity index (χ4v) is 15.1. The smallest absolute Gasteiger partial charge is 0.328 e. The molecule has 6 heterocycles. The predicted octanol–water partition coefficient (Wildman–Crippen LogP) is 3.70. The van der Waals surface area contributed by atoms with E-state index in [1.807, 2.05) is 72.8 Å². The minimum atomic E-state index is -1.50. The molecule has 6 aliphatic rings. The van der Waals surface area contributed by atoms with Gasteiger partial charge in [-0.25, -0.2) is 19.4 Å². The molecule has 0 aliphatic carbocycles. The number of benzene rings is 7. The number of halogens is 2. The summed E-state index contributed by atoms with van der Waals surface area (Å²) in [5.41, 5.74) is 9.68. The molecular formula is C90H113F2N17O15. The minimum Gasteiger partial charge on any atom is -0.503 e. The molecule has 6 aliphatic heterocycles. The molecular weight excluding hydrogens is 1600 g/mol. The Morgan fingerprint density at radius 3 is 1.62 bits per heavy atom. The number of fused-ring (bicyclic) bond motifs is 2. The van der Waals surface area contributed by atoms with Crippen molar-refractivity contribution in [2.45, 2.75) is 173 Å². The van der Waals surface area contributed by atoms with Crippen LogP contribution in [0, 0.1) is 28.4 Å². The Morgan fingerprint density at radius 1 is 0.597 bits per heavy atom. The van der Waals surface area contributed by atoms with Gasteiger partial charge in [0.05, 0.1) is 48.6 Å². The molecule has 32 nitrogen and oxygen atoms in total. The number of likely N-dealkylation sites (N-methyl/N-ethyl adjacent to an activating group) is 2. The molecule has 4 bridgehead atoms. The molecule has 0 spiro atoms. The first-order chi connectivity index (χ1) is 58.9. The number of nitrogens with two attached hydrogens (primary N) is 3. The van der Waals surface area contributed by atoms with E-state index in [1.54, 1.807) is 130 Å². The fourth-order valence-electron chi connectivity index (χ4n) is 15.1. The summed E-state index contributed by atoms with van der Waals surface area (Å²) in [6.07, 6.45) is 1.55. The summed E-state index contributed by atoms with van der Waals surface area (Å²) in [7, 11) is 4.33. The number of carbonyl (C=O) groups excluding carboxylic acids is 11. The number of amides is 10. The lowest BCUT2D eigenvalue weighted by Crippen LogP contribution is -2.63. The summed E-state index contributed by atoms with van der Waals surface area (Å²) >= 11 is 0. The van der Waals surface area contributed by atoms with Gasteiger partial charge in [-0.3, -0.25) is 59.1 Å². The molecule has 124 heavy (non-hydrogen) atoms. The molecule has 7 aromatic carbocycles. The maximum atomic E-state index is 15.7. The number of esters is 1. The molecule has 12 atom stereocenters. The van der Waals surface area contributed by atoms with Crippen LogP contribution in [-0.2, 0) is 89.7 Å². The zero-order chi connectivity index (χ0) is 90.0. The molecule has 0 aromatic heterocycles. The normalized spacial score (nSPS) is 22.0. The van der Waals surface area contributed by atoms with E-state index in [0.29, 0.717) is 28.0 Å². The van der Waals surface area contributed by atoms with Gasteiger partial charge in [-0.1, -0.05) is 151 Å². The van der Waals surface area contributed by atoms with E-state index in [2.05, 4.69) is 58.6 Å². The number of rotatable bonds is 17. The first-order valence-electron chi connectivity index (χ1n) is 41.1. The van der Waals surface area contributed by atoms with Crippen LogP contribution in [0.5, 0.6) is 17.2 Å². The van der Waals surface area contributed by atoms with Crippen LogP contribution in [0.3, 0.4) is 0 Å². The molecule has 2 saturated heterocycles. The quantitative estimate of drug-likeness (QED) is 0.0267. The van der Waals surface area contributed by atoms with Gasteiger partial charge >= 0.3 is 5.97 Å².